The maximum atomic E-state index is 12.1. The Balaban J connectivity index is 1.71. The summed E-state index contributed by atoms with van der Waals surface area (Å²) in [7, 11) is 0. The van der Waals surface area contributed by atoms with Gasteiger partial charge in [0, 0.05) is 17.3 Å². The average Bonchev–Trinajstić information content (AvgIpc) is 3.29. The second-order valence-electron chi connectivity index (χ2n) is 6.44. The molecule has 0 radical (unpaired) electrons. The van der Waals surface area contributed by atoms with Gasteiger partial charge in [-0.3, -0.25) is 4.79 Å². The molecule has 1 aromatic carbocycles. The van der Waals surface area contributed by atoms with Gasteiger partial charge in [0.25, 0.3) is 5.91 Å². The number of carbonyl (C=O) groups is 1. The van der Waals surface area contributed by atoms with Crippen molar-refractivity contribution in [2.24, 2.45) is 5.92 Å². The third-order valence-electron chi connectivity index (χ3n) is 3.81. The largest absolute Gasteiger partial charge is 0.459 e. The van der Waals surface area contributed by atoms with Crippen molar-refractivity contribution in [3.8, 4) is 0 Å². The fourth-order valence-electron chi connectivity index (χ4n) is 2.52. The van der Waals surface area contributed by atoms with Gasteiger partial charge in [-0.15, -0.1) is 10.2 Å². The van der Waals surface area contributed by atoms with E-state index < -0.39 is 0 Å². The van der Waals surface area contributed by atoms with E-state index >= 15 is 0 Å². The first-order valence-corrected chi connectivity index (χ1v) is 10.0. The lowest BCUT2D eigenvalue weighted by Crippen LogP contribution is -2.25. The highest BCUT2D eigenvalue weighted by atomic mass is 35.5. The molecule has 1 N–H and O–H groups in total. The Kier molecular flexibility index (Phi) is 6.58. The Hall–Kier alpha value is -2.25. The molecule has 3 aromatic rings. The highest BCUT2D eigenvalue weighted by Gasteiger charge is 2.16. The summed E-state index contributed by atoms with van der Waals surface area (Å²) in [5, 5.41) is 13.0. The summed E-state index contributed by atoms with van der Waals surface area (Å²) in [4.78, 5) is 12.1. The van der Waals surface area contributed by atoms with E-state index in [2.05, 4.69) is 33.9 Å². The van der Waals surface area contributed by atoms with E-state index in [9.17, 15) is 4.79 Å². The molecule has 0 spiro atoms. The number of halogens is 1. The van der Waals surface area contributed by atoms with Gasteiger partial charge in [-0.2, -0.15) is 0 Å². The summed E-state index contributed by atoms with van der Waals surface area (Å²) < 4.78 is 7.16. The number of benzene rings is 1. The van der Waals surface area contributed by atoms with Crippen LogP contribution in [0.2, 0.25) is 5.02 Å². The summed E-state index contributed by atoms with van der Waals surface area (Å²) >= 11 is 7.82. The van der Waals surface area contributed by atoms with E-state index in [1.807, 2.05) is 24.3 Å². The van der Waals surface area contributed by atoms with Gasteiger partial charge < -0.3 is 14.3 Å². The smallest absolute Gasteiger partial charge is 0.287 e. The number of amides is 1. The minimum Gasteiger partial charge on any atom is -0.459 e. The molecular weight excluding hydrogens is 384 g/mol. The SMILES string of the molecule is CC(C)Cn1c(CNC(=O)c2ccco2)nnc1SCc1ccccc1Cl. The summed E-state index contributed by atoms with van der Waals surface area (Å²) in [6.07, 6.45) is 1.47. The zero-order chi connectivity index (χ0) is 19.2. The van der Waals surface area contributed by atoms with Crippen molar-refractivity contribution < 1.29 is 9.21 Å². The number of rotatable bonds is 8. The number of carbonyl (C=O) groups excluding carboxylic acids is 1. The maximum absolute atomic E-state index is 12.1. The molecule has 3 rings (SSSR count). The molecular formula is C19H21ClN4O2S. The quantitative estimate of drug-likeness (QED) is 0.563. The number of aromatic nitrogens is 3. The van der Waals surface area contributed by atoms with Crippen LogP contribution in [0.1, 0.15) is 35.8 Å². The predicted octanol–water partition coefficient (Wildman–Crippen LogP) is 4.40. The molecule has 0 saturated carbocycles. The Morgan fingerprint density at radius 2 is 2.07 bits per heavy atom. The van der Waals surface area contributed by atoms with Crippen LogP contribution in [-0.2, 0) is 18.8 Å². The Bertz CT molecular complexity index is 893. The van der Waals surface area contributed by atoms with Crippen LogP contribution in [0.25, 0.3) is 0 Å². The third-order valence-corrected chi connectivity index (χ3v) is 5.19. The van der Waals surface area contributed by atoms with Crippen LogP contribution in [0.15, 0.2) is 52.2 Å². The molecule has 2 heterocycles. The molecule has 6 nitrogen and oxygen atoms in total. The first-order valence-electron chi connectivity index (χ1n) is 8.64. The topological polar surface area (TPSA) is 73.0 Å². The van der Waals surface area contributed by atoms with Crippen molar-refractivity contribution in [2.75, 3.05) is 0 Å². The predicted molar refractivity (Wildman–Crippen MR) is 106 cm³/mol. The van der Waals surface area contributed by atoms with Crippen LogP contribution in [0, 0.1) is 5.92 Å². The lowest BCUT2D eigenvalue weighted by molar-refractivity contribution is 0.0921. The number of thioether (sulfide) groups is 1. The highest BCUT2D eigenvalue weighted by molar-refractivity contribution is 7.98. The van der Waals surface area contributed by atoms with E-state index in [1.165, 1.54) is 6.26 Å². The van der Waals surface area contributed by atoms with Gasteiger partial charge in [0.2, 0.25) is 0 Å². The van der Waals surface area contributed by atoms with E-state index in [0.717, 1.165) is 22.3 Å². The molecule has 0 aliphatic carbocycles. The summed E-state index contributed by atoms with van der Waals surface area (Å²) in [5.74, 6) is 1.84. The molecule has 0 saturated heterocycles. The molecule has 2 aromatic heterocycles. The zero-order valence-corrected chi connectivity index (χ0v) is 16.8. The second-order valence-corrected chi connectivity index (χ2v) is 7.79. The van der Waals surface area contributed by atoms with Gasteiger partial charge >= 0.3 is 0 Å². The molecule has 8 heteroatoms. The van der Waals surface area contributed by atoms with Gasteiger partial charge in [-0.25, -0.2) is 0 Å². The van der Waals surface area contributed by atoms with Crippen molar-refractivity contribution in [3.63, 3.8) is 0 Å². The molecule has 142 valence electrons. The molecule has 0 fully saturated rings. The minimum absolute atomic E-state index is 0.274. The van der Waals surface area contributed by atoms with Crippen molar-refractivity contribution in [2.45, 2.75) is 37.8 Å². The van der Waals surface area contributed by atoms with Crippen LogP contribution in [-0.4, -0.2) is 20.7 Å². The van der Waals surface area contributed by atoms with Gasteiger partial charge in [-0.1, -0.05) is 55.4 Å². The number of hydrogen-bond acceptors (Lipinski definition) is 5. The molecule has 0 atom stereocenters. The molecule has 0 aliphatic heterocycles. The summed E-state index contributed by atoms with van der Waals surface area (Å²) in [6.45, 7) is 5.32. The third kappa shape index (κ3) is 5.14. The van der Waals surface area contributed by atoms with Gasteiger partial charge in [0.15, 0.2) is 16.7 Å². The number of nitrogens with zero attached hydrogens (tertiary/aromatic N) is 3. The van der Waals surface area contributed by atoms with E-state index in [4.69, 9.17) is 16.0 Å². The highest BCUT2D eigenvalue weighted by Crippen LogP contribution is 2.26. The summed E-state index contributed by atoms with van der Waals surface area (Å²) in [5.41, 5.74) is 1.05. The Labute approximate surface area is 167 Å². The van der Waals surface area contributed by atoms with Gasteiger partial charge in [0.05, 0.1) is 12.8 Å². The zero-order valence-electron chi connectivity index (χ0n) is 15.2. The maximum Gasteiger partial charge on any atom is 0.287 e. The van der Waals surface area contributed by atoms with Crippen LogP contribution in [0.3, 0.4) is 0 Å². The first-order chi connectivity index (χ1) is 13.0. The van der Waals surface area contributed by atoms with Gasteiger partial charge in [0.1, 0.15) is 0 Å². The van der Waals surface area contributed by atoms with Crippen LogP contribution in [0.4, 0.5) is 0 Å². The Morgan fingerprint density at radius 3 is 2.78 bits per heavy atom. The number of furan rings is 1. The summed E-state index contributed by atoms with van der Waals surface area (Å²) in [6, 6.07) is 11.1. The number of nitrogens with one attached hydrogen (secondary N) is 1. The molecule has 1 amide bonds. The van der Waals surface area contributed by atoms with E-state index in [-0.39, 0.29) is 18.2 Å². The van der Waals surface area contributed by atoms with Crippen LogP contribution >= 0.6 is 23.4 Å². The Morgan fingerprint density at radius 1 is 1.26 bits per heavy atom. The molecule has 0 aliphatic rings. The normalized spacial score (nSPS) is 11.1. The molecule has 0 bridgehead atoms. The van der Waals surface area contributed by atoms with Crippen LogP contribution in [0.5, 0.6) is 0 Å². The lowest BCUT2D eigenvalue weighted by atomic mass is 10.2. The van der Waals surface area contributed by atoms with Crippen molar-refractivity contribution in [1.29, 1.82) is 0 Å². The van der Waals surface area contributed by atoms with Crippen LogP contribution < -0.4 is 5.32 Å². The minimum atomic E-state index is -0.274. The fourth-order valence-corrected chi connectivity index (χ4v) is 3.77. The van der Waals surface area contributed by atoms with Gasteiger partial charge in [-0.05, 0) is 29.7 Å². The van der Waals surface area contributed by atoms with E-state index in [1.54, 1.807) is 23.9 Å². The lowest BCUT2D eigenvalue weighted by Gasteiger charge is -2.13. The standard InChI is InChI=1S/C19H21ClN4O2S/c1-13(2)11-24-17(10-21-18(25)16-8-5-9-26-16)22-23-19(24)27-12-14-6-3-4-7-15(14)20/h3-9,13H,10-12H2,1-2H3,(H,21,25). The molecule has 0 unspecified atom stereocenters. The van der Waals surface area contributed by atoms with Crippen molar-refractivity contribution in [1.82, 2.24) is 20.1 Å². The van der Waals surface area contributed by atoms with E-state index in [0.29, 0.717) is 17.5 Å². The van der Waals surface area contributed by atoms with Crippen molar-refractivity contribution >= 4 is 29.3 Å². The fraction of sp³-hybridized carbons (Fsp3) is 0.316. The monoisotopic (exact) mass is 404 g/mol. The second kappa shape index (κ2) is 9.10. The first kappa shape index (κ1) is 19.5. The van der Waals surface area contributed by atoms with Crippen molar-refractivity contribution in [3.05, 3.63) is 64.8 Å². The average molecular weight is 405 g/mol. The molecule has 27 heavy (non-hydrogen) atoms. The number of hydrogen-bond donors (Lipinski definition) is 1.